The van der Waals surface area contributed by atoms with Crippen molar-refractivity contribution in [3.63, 3.8) is 0 Å². The maximum absolute atomic E-state index is 6.43. The second kappa shape index (κ2) is 11.3. The molecule has 0 spiro atoms. The summed E-state index contributed by atoms with van der Waals surface area (Å²) < 4.78 is 15.2. The molecule has 1 fully saturated rings. The first-order valence-corrected chi connectivity index (χ1v) is 16.3. The van der Waals surface area contributed by atoms with Crippen LogP contribution in [0.1, 0.15) is 27.7 Å². The number of benzene rings is 6. The molecule has 0 saturated carbocycles. The van der Waals surface area contributed by atoms with E-state index >= 15 is 0 Å². The van der Waals surface area contributed by atoms with Crippen LogP contribution < -0.4 is 10.4 Å². The standard InChI is InChI=1S/C42H37BN2O2/c1-41(2)42(3,4)47-43(46-41)32-25-26-40-38(28-32)37-23-11-12-24-39(37)45(40)36-22-14-21-35(29-36)44(33-18-9-6-10-19-33)34-20-13-17-31(27-34)30-15-7-5-8-16-30/h5-29H,1-4H3. The van der Waals surface area contributed by atoms with Gasteiger partial charge in [0.25, 0.3) is 0 Å². The number of para-hydroxylation sites is 2. The van der Waals surface area contributed by atoms with E-state index in [4.69, 9.17) is 9.31 Å². The zero-order valence-electron chi connectivity index (χ0n) is 27.2. The predicted molar refractivity (Wildman–Crippen MR) is 197 cm³/mol. The minimum Gasteiger partial charge on any atom is -0.399 e. The van der Waals surface area contributed by atoms with Crippen LogP contribution in [0, 0.1) is 0 Å². The van der Waals surface area contributed by atoms with E-state index in [2.05, 4.69) is 189 Å². The minimum atomic E-state index is -0.416. The first-order valence-electron chi connectivity index (χ1n) is 16.3. The van der Waals surface area contributed by atoms with Gasteiger partial charge in [-0.05, 0) is 98.9 Å². The molecule has 7 aromatic rings. The van der Waals surface area contributed by atoms with Gasteiger partial charge in [-0.1, -0.05) is 97.1 Å². The molecule has 6 aromatic carbocycles. The van der Waals surface area contributed by atoms with E-state index in [1.54, 1.807) is 0 Å². The highest BCUT2D eigenvalue weighted by Gasteiger charge is 2.51. The quantitative estimate of drug-likeness (QED) is 0.175. The fourth-order valence-corrected chi connectivity index (χ4v) is 6.65. The van der Waals surface area contributed by atoms with Gasteiger partial charge in [-0.3, -0.25) is 0 Å². The van der Waals surface area contributed by atoms with Crippen LogP contribution in [0.3, 0.4) is 0 Å². The maximum Gasteiger partial charge on any atom is 0.494 e. The van der Waals surface area contributed by atoms with Crippen molar-refractivity contribution in [2.24, 2.45) is 0 Å². The first-order chi connectivity index (χ1) is 22.8. The Morgan fingerprint density at radius 1 is 0.489 bits per heavy atom. The monoisotopic (exact) mass is 612 g/mol. The van der Waals surface area contributed by atoms with Crippen molar-refractivity contribution in [2.75, 3.05) is 4.90 Å². The summed E-state index contributed by atoms with van der Waals surface area (Å²) in [5.74, 6) is 0. The third-order valence-electron chi connectivity index (χ3n) is 9.79. The SMILES string of the molecule is CC1(C)OB(c2ccc3c(c2)c2ccccc2n3-c2cccc(N(c3ccccc3)c3cccc(-c4ccccc4)c3)c2)OC1(C)C. The van der Waals surface area contributed by atoms with Gasteiger partial charge in [0.15, 0.2) is 0 Å². The Bertz CT molecular complexity index is 2210. The van der Waals surface area contributed by atoms with Crippen molar-refractivity contribution in [1.29, 1.82) is 0 Å². The molecule has 8 rings (SSSR count). The summed E-state index contributed by atoms with van der Waals surface area (Å²) in [6.07, 6.45) is 0. The largest absolute Gasteiger partial charge is 0.494 e. The summed E-state index contributed by atoms with van der Waals surface area (Å²) in [6.45, 7) is 8.39. The Hall–Kier alpha value is -5.10. The lowest BCUT2D eigenvalue weighted by Gasteiger charge is -2.32. The van der Waals surface area contributed by atoms with Gasteiger partial charge in [0.2, 0.25) is 0 Å². The molecular weight excluding hydrogens is 575 g/mol. The van der Waals surface area contributed by atoms with Gasteiger partial charge in [-0.25, -0.2) is 0 Å². The molecule has 0 radical (unpaired) electrons. The van der Waals surface area contributed by atoms with Crippen LogP contribution in [0.25, 0.3) is 38.6 Å². The minimum absolute atomic E-state index is 0.397. The molecule has 1 aliphatic heterocycles. The van der Waals surface area contributed by atoms with Crippen LogP contribution in [0.5, 0.6) is 0 Å². The second-order valence-corrected chi connectivity index (χ2v) is 13.3. The van der Waals surface area contributed by atoms with Crippen molar-refractivity contribution < 1.29 is 9.31 Å². The fourth-order valence-electron chi connectivity index (χ4n) is 6.65. The molecule has 5 heteroatoms. The lowest BCUT2D eigenvalue weighted by atomic mass is 9.78. The Balaban J connectivity index is 1.26. The van der Waals surface area contributed by atoms with Gasteiger partial charge >= 0.3 is 7.12 Å². The maximum atomic E-state index is 6.43. The number of rotatable bonds is 6. The van der Waals surface area contributed by atoms with Crippen molar-refractivity contribution in [1.82, 2.24) is 4.57 Å². The molecule has 2 heterocycles. The third kappa shape index (κ3) is 5.13. The fraction of sp³-hybridized carbons (Fsp3) is 0.143. The Labute approximate surface area is 277 Å². The summed E-state index contributed by atoms with van der Waals surface area (Å²) >= 11 is 0. The molecule has 1 saturated heterocycles. The molecule has 4 nitrogen and oxygen atoms in total. The zero-order chi connectivity index (χ0) is 32.2. The van der Waals surface area contributed by atoms with E-state index in [-0.39, 0.29) is 0 Å². The van der Waals surface area contributed by atoms with Crippen LogP contribution >= 0.6 is 0 Å². The molecule has 0 unspecified atom stereocenters. The number of hydrogen-bond acceptors (Lipinski definition) is 3. The summed E-state index contributed by atoms with van der Waals surface area (Å²) in [7, 11) is -0.416. The van der Waals surface area contributed by atoms with Gasteiger partial charge in [-0.2, -0.15) is 0 Å². The number of nitrogens with zero attached hydrogens (tertiary/aromatic N) is 2. The Kier molecular flexibility index (Phi) is 7.05. The van der Waals surface area contributed by atoms with E-state index in [0.29, 0.717) is 0 Å². The number of anilines is 3. The topological polar surface area (TPSA) is 26.6 Å². The van der Waals surface area contributed by atoms with Crippen LogP contribution in [0.15, 0.2) is 152 Å². The van der Waals surface area contributed by atoms with E-state index in [0.717, 1.165) is 39.2 Å². The van der Waals surface area contributed by atoms with Crippen LogP contribution in [-0.2, 0) is 9.31 Å². The van der Waals surface area contributed by atoms with Crippen molar-refractivity contribution >= 4 is 51.4 Å². The highest BCUT2D eigenvalue weighted by atomic mass is 16.7. The number of fused-ring (bicyclic) bond motifs is 3. The van der Waals surface area contributed by atoms with E-state index in [1.165, 1.54) is 21.9 Å². The second-order valence-electron chi connectivity index (χ2n) is 13.3. The number of hydrogen-bond donors (Lipinski definition) is 0. The lowest BCUT2D eigenvalue weighted by molar-refractivity contribution is 0.00578. The molecule has 1 aliphatic rings. The van der Waals surface area contributed by atoms with Gasteiger partial charge in [0.05, 0.1) is 22.2 Å². The van der Waals surface area contributed by atoms with Gasteiger partial charge in [0, 0.05) is 33.5 Å². The predicted octanol–water partition coefficient (Wildman–Crippen LogP) is 10.2. The van der Waals surface area contributed by atoms with E-state index < -0.39 is 18.3 Å². The lowest BCUT2D eigenvalue weighted by Crippen LogP contribution is -2.41. The first kappa shape index (κ1) is 29.3. The molecule has 230 valence electrons. The van der Waals surface area contributed by atoms with Gasteiger partial charge in [0.1, 0.15) is 0 Å². The van der Waals surface area contributed by atoms with Crippen LogP contribution in [0.4, 0.5) is 17.1 Å². The molecule has 1 aromatic heterocycles. The van der Waals surface area contributed by atoms with Gasteiger partial charge in [-0.15, -0.1) is 0 Å². The van der Waals surface area contributed by atoms with Gasteiger partial charge < -0.3 is 18.8 Å². The highest BCUT2D eigenvalue weighted by Crippen LogP contribution is 2.40. The summed E-state index contributed by atoms with van der Waals surface area (Å²) in [5, 5.41) is 2.37. The molecule has 0 bridgehead atoms. The molecule has 0 amide bonds. The molecule has 0 atom stereocenters. The van der Waals surface area contributed by atoms with E-state index in [9.17, 15) is 0 Å². The average Bonchev–Trinajstić information content (AvgIpc) is 3.54. The summed E-state index contributed by atoms with van der Waals surface area (Å²) in [4.78, 5) is 2.33. The van der Waals surface area contributed by atoms with E-state index in [1.807, 2.05) is 0 Å². The van der Waals surface area contributed by atoms with Crippen LogP contribution in [-0.4, -0.2) is 22.9 Å². The highest BCUT2D eigenvalue weighted by molar-refractivity contribution is 6.62. The average molecular weight is 613 g/mol. The summed E-state index contributed by atoms with van der Waals surface area (Å²) in [6, 6.07) is 54.0. The molecular formula is C42H37BN2O2. The van der Waals surface area contributed by atoms with Crippen LogP contribution in [0.2, 0.25) is 0 Å². The summed E-state index contributed by atoms with van der Waals surface area (Å²) in [5.41, 5.74) is 9.29. The molecule has 47 heavy (non-hydrogen) atoms. The Morgan fingerprint density at radius 2 is 1.06 bits per heavy atom. The smallest absolute Gasteiger partial charge is 0.399 e. The van der Waals surface area contributed by atoms with Crippen molar-refractivity contribution in [3.8, 4) is 16.8 Å². The van der Waals surface area contributed by atoms with Crippen molar-refractivity contribution in [2.45, 2.75) is 38.9 Å². The number of aromatic nitrogens is 1. The zero-order valence-corrected chi connectivity index (χ0v) is 27.2. The molecule has 0 aliphatic carbocycles. The third-order valence-corrected chi connectivity index (χ3v) is 9.79. The Morgan fingerprint density at radius 3 is 1.81 bits per heavy atom. The molecule has 0 N–H and O–H groups in total. The normalized spacial score (nSPS) is 15.4. The van der Waals surface area contributed by atoms with Crippen molar-refractivity contribution in [3.05, 3.63) is 152 Å².